The Bertz CT molecular complexity index is 1030. The Morgan fingerprint density at radius 1 is 1.35 bits per heavy atom. The molecule has 10 heteroatoms. The molecule has 0 fully saturated rings. The van der Waals surface area contributed by atoms with Crippen LogP contribution in [0.5, 0.6) is 0 Å². The number of carboxylic acids is 1. The van der Waals surface area contributed by atoms with Crippen molar-refractivity contribution in [3.8, 4) is 0 Å². The Labute approximate surface area is 149 Å². The number of aliphatic carboxylic acids is 1. The van der Waals surface area contributed by atoms with Crippen LogP contribution in [0, 0.1) is 0 Å². The number of nitrogens with one attached hydrogen (secondary N) is 1. The van der Waals surface area contributed by atoms with Crippen LogP contribution in [0.4, 0.5) is 10.5 Å². The molecule has 2 heterocycles. The summed E-state index contributed by atoms with van der Waals surface area (Å²) in [6, 6.07) is 1.68. The standard InChI is InChI=1S/C16H18N2O7S/c1-16(2,3)25-15(21)18-5-4-8-9-6-10(14(19)20)17-13(9)12(7-11(8)18)26(22,23)24/h4-5,7,10,17H,6H2,1-3H3,(H,19,20)(H,22,23,24). The second kappa shape index (κ2) is 5.71. The number of carbonyl (C=O) groups is 2. The molecule has 2 aromatic rings. The molecule has 26 heavy (non-hydrogen) atoms. The van der Waals surface area contributed by atoms with E-state index >= 15 is 0 Å². The van der Waals surface area contributed by atoms with E-state index in [4.69, 9.17) is 4.74 Å². The molecule has 1 unspecified atom stereocenters. The fourth-order valence-corrected chi connectivity index (χ4v) is 3.65. The lowest BCUT2D eigenvalue weighted by atomic mass is 10.1. The van der Waals surface area contributed by atoms with Gasteiger partial charge in [0.1, 0.15) is 16.5 Å². The number of hydrogen-bond acceptors (Lipinski definition) is 6. The molecule has 0 aliphatic carbocycles. The van der Waals surface area contributed by atoms with Crippen molar-refractivity contribution in [1.82, 2.24) is 4.57 Å². The molecule has 0 spiro atoms. The lowest BCUT2D eigenvalue weighted by Gasteiger charge is -2.20. The SMILES string of the molecule is CC(C)(C)OC(=O)n1ccc2c3c(c(S(=O)(=O)O)cc21)NC(C(=O)O)C3. The van der Waals surface area contributed by atoms with Crippen LogP contribution in [0.2, 0.25) is 0 Å². The highest BCUT2D eigenvalue weighted by molar-refractivity contribution is 7.86. The summed E-state index contributed by atoms with van der Waals surface area (Å²) >= 11 is 0. The minimum atomic E-state index is -4.65. The van der Waals surface area contributed by atoms with Gasteiger partial charge in [0, 0.05) is 18.0 Å². The van der Waals surface area contributed by atoms with Crippen molar-refractivity contribution in [3.63, 3.8) is 0 Å². The Morgan fingerprint density at radius 3 is 2.54 bits per heavy atom. The molecular weight excluding hydrogens is 364 g/mol. The smallest absolute Gasteiger partial charge is 0.418 e. The highest BCUT2D eigenvalue weighted by Gasteiger charge is 2.34. The van der Waals surface area contributed by atoms with Crippen LogP contribution >= 0.6 is 0 Å². The molecule has 0 saturated carbocycles. The zero-order chi connectivity index (χ0) is 19.4. The summed E-state index contributed by atoms with van der Waals surface area (Å²) in [6.07, 6.45) is 0.721. The molecule has 1 aliphatic rings. The molecule has 1 aliphatic heterocycles. The monoisotopic (exact) mass is 382 g/mol. The van der Waals surface area contributed by atoms with Gasteiger partial charge in [0.2, 0.25) is 0 Å². The lowest BCUT2D eigenvalue weighted by molar-refractivity contribution is -0.137. The third-order valence-corrected chi connectivity index (χ3v) is 4.84. The quantitative estimate of drug-likeness (QED) is 0.672. The van der Waals surface area contributed by atoms with E-state index < -0.39 is 38.7 Å². The summed E-state index contributed by atoms with van der Waals surface area (Å²) in [6.45, 7) is 5.08. The summed E-state index contributed by atoms with van der Waals surface area (Å²) in [5, 5.41) is 12.3. The number of ether oxygens (including phenoxy) is 1. The zero-order valence-corrected chi connectivity index (χ0v) is 15.1. The molecule has 3 N–H and O–H groups in total. The van der Waals surface area contributed by atoms with Crippen LogP contribution in [-0.2, 0) is 26.1 Å². The number of hydrogen-bond donors (Lipinski definition) is 3. The lowest BCUT2D eigenvalue weighted by Crippen LogP contribution is -2.26. The minimum Gasteiger partial charge on any atom is -0.480 e. The second-order valence-corrected chi connectivity index (χ2v) is 8.43. The van der Waals surface area contributed by atoms with E-state index in [1.165, 1.54) is 6.20 Å². The maximum Gasteiger partial charge on any atom is 0.418 e. The third-order valence-electron chi connectivity index (χ3n) is 3.96. The van der Waals surface area contributed by atoms with Gasteiger partial charge < -0.3 is 15.2 Å². The third kappa shape index (κ3) is 3.13. The fraction of sp³-hybridized carbons (Fsp3) is 0.375. The second-order valence-electron chi connectivity index (χ2n) is 7.04. The molecule has 1 aromatic carbocycles. The Hall–Kier alpha value is -2.59. The van der Waals surface area contributed by atoms with Crippen molar-refractivity contribution in [2.45, 2.75) is 43.7 Å². The van der Waals surface area contributed by atoms with E-state index in [0.717, 1.165) is 10.6 Å². The summed E-state index contributed by atoms with van der Waals surface area (Å²) in [5.41, 5.74) is -0.107. The van der Waals surface area contributed by atoms with Gasteiger partial charge in [-0.25, -0.2) is 9.59 Å². The topological polar surface area (TPSA) is 135 Å². The highest BCUT2D eigenvalue weighted by Crippen LogP contribution is 2.39. The van der Waals surface area contributed by atoms with E-state index in [2.05, 4.69) is 5.32 Å². The van der Waals surface area contributed by atoms with E-state index in [1.54, 1.807) is 26.8 Å². The van der Waals surface area contributed by atoms with E-state index in [0.29, 0.717) is 10.9 Å². The molecule has 3 rings (SSSR count). The van der Waals surface area contributed by atoms with Crippen molar-refractivity contribution >= 4 is 38.8 Å². The van der Waals surface area contributed by atoms with Crippen molar-refractivity contribution < 1.29 is 32.4 Å². The van der Waals surface area contributed by atoms with Gasteiger partial charge >= 0.3 is 12.1 Å². The molecule has 0 amide bonds. The Kier molecular flexibility index (Phi) is 4.00. The van der Waals surface area contributed by atoms with Gasteiger partial charge in [0.25, 0.3) is 10.1 Å². The van der Waals surface area contributed by atoms with Crippen molar-refractivity contribution in [1.29, 1.82) is 0 Å². The van der Waals surface area contributed by atoms with Gasteiger partial charge in [-0.15, -0.1) is 0 Å². The van der Waals surface area contributed by atoms with Crippen molar-refractivity contribution in [2.75, 3.05) is 5.32 Å². The van der Waals surface area contributed by atoms with E-state index in [-0.39, 0.29) is 17.6 Å². The first-order valence-electron chi connectivity index (χ1n) is 7.75. The predicted octanol–water partition coefficient (Wildman–Crippen LogP) is 2.09. The largest absolute Gasteiger partial charge is 0.480 e. The summed E-state index contributed by atoms with van der Waals surface area (Å²) in [4.78, 5) is 23.2. The van der Waals surface area contributed by atoms with Gasteiger partial charge in [-0.1, -0.05) is 0 Å². The van der Waals surface area contributed by atoms with Gasteiger partial charge in [-0.3, -0.25) is 9.12 Å². The first-order valence-corrected chi connectivity index (χ1v) is 9.19. The zero-order valence-electron chi connectivity index (χ0n) is 14.3. The van der Waals surface area contributed by atoms with Crippen molar-refractivity contribution in [2.24, 2.45) is 0 Å². The van der Waals surface area contributed by atoms with E-state index in [1.807, 2.05) is 0 Å². The van der Waals surface area contributed by atoms with Crippen LogP contribution in [0.1, 0.15) is 26.3 Å². The molecule has 0 radical (unpaired) electrons. The molecule has 1 atom stereocenters. The average molecular weight is 382 g/mol. The number of fused-ring (bicyclic) bond motifs is 3. The van der Waals surface area contributed by atoms with E-state index in [9.17, 15) is 27.7 Å². The predicted molar refractivity (Wildman–Crippen MR) is 92.1 cm³/mol. The minimum absolute atomic E-state index is 0.0167. The first kappa shape index (κ1) is 18.2. The molecule has 1 aromatic heterocycles. The summed E-state index contributed by atoms with van der Waals surface area (Å²) < 4.78 is 39.6. The first-order chi connectivity index (χ1) is 11.9. The maximum absolute atomic E-state index is 12.4. The van der Waals surface area contributed by atoms with Crippen LogP contribution in [0.15, 0.2) is 23.2 Å². The fourth-order valence-electron chi connectivity index (χ4n) is 2.95. The van der Waals surface area contributed by atoms with Gasteiger partial charge in [0.15, 0.2) is 0 Å². The number of benzene rings is 1. The number of rotatable bonds is 2. The van der Waals surface area contributed by atoms with Crippen LogP contribution in [-0.4, -0.2) is 46.3 Å². The van der Waals surface area contributed by atoms with Gasteiger partial charge in [-0.05, 0) is 38.5 Å². The normalized spacial score (nSPS) is 17.0. The average Bonchev–Trinajstić information content (AvgIpc) is 3.07. The number of nitrogens with zero attached hydrogens (tertiary/aromatic N) is 1. The molecule has 0 saturated heterocycles. The maximum atomic E-state index is 12.4. The van der Waals surface area contributed by atoms with Gasteiger partial charge in [0.05, 0.1) is 11.2 Å². The number of carbonyl (C=O) groups excluding carboxylic acids is 1. The molecule has 9 nitrogen and oxygen atoms in total. The van der Waals surface area contributed by atoms with Crippen LogP contribution < -0.4 is 5.32 Å². The number of anilines is 1. The van der Waals surface area contributed by atoms with Gasteiger partial charge in [-0.2, -0.15) is 8.42 Å². The summed E-state index contributed by atoms with van der Waals surface area (Å²) in [5.74, 6) is -1.15. The molecule has 0 bridgehead atoms. The molecular formula is C16H18N2O7S. The Balaban J connectivity index is 2.23. The number of aromatic nitrogens is 1. The summed E-state index contributed by atoms with van der Waals surface area (Å²) in [7, 11) is -4.65. The van der Waals surface area contributed by atoms with Crippen molar-refractivity contribution in [3.05, 3.63) is 23.9 Å². The number of carboxylic acid groups (broad SMARTS) is 1. The van der Waals surface area contributed by atoms with Crippen LogP contribution in [0.25, 0.3) is 10.9 Å². The Morgan fingerprint density at radius 2 is 2.00 bits per heavy atom. The van der Waals surface area contributed by atoms with Crippen LogP contribution in [0.3, 0.4) is 0 Å². The molecule has 140 valence electrons. The highest BCUT2D eigenvalue weighted by atomic mass is 32.2.